The number of nitrogens with two attached hydrogens (primary N) is 1. The molecule has 114 valence electrons. The van der Waals surface area contributed by atoms with Crippen LogP contribution in [0.5, 0.6) is 0 Å². The van der Waals surface area contributed by atoms with Gasteiger partial charge >= 0.3 is 0 Å². The van der Waals surface area contributed by atoms with Crippen LogP contribution < -0.4 is 11.1 Å². The summed E-state index contributed by atoms with van der Waals surface area (Å²) < 4.78 is 32.4. The molecule has 0 spiro atoms. The molecule has 1 unspecified atom stereocenters. The van der Waals surface area contributed by atoms with Crippen LogP contribution in [0, 0.1) is 5.82 Å². The number of oxazole rings is 1. The fraction of sp³-hybridized carbons (Fsp3) is 0.214. The molecule has 1 atom stereocenters. The molecule has 6 nitrogen and oxygen atoms in total. The van der Waals surface area contributed by atoms with Crippen molar-refractivity contribution in [1.29, 1.82) is 0 Å². The molecule has 3 rings (SSSR count). The maximum absolute atomic E-state index is 13.6. The number of halogens is 2. The van der Waals surface area contributed by atoms with Gasteiger partial charge in [-0.25, -0.2) is 18.7 Å². The molecule has 0 saturated heterocycles. The van der Waals surface area contributed by atoms with Crippen LogP contribution in [0.4, 0.5) is 14.6 Å². The predicted octanol–water partition coefficient (Wildman–Crippen LogP) is 2.34. The number of alkyl halides is 1. The Morgan fingerprint density at radius 3 is 2.91 bits per heavy atom. The quantitative estimate of drug-likeness (QED) is 0.752. The molecular formula is C14H13F2N5O. The molecule has 8 heteroatoms. The van der Waals surface area contributed by atoms with Gasteiger partial charge in [-0.3, -0.25) is 4.98 Å². The zero-order valence-corrected chi connectivity index (χ0v) is 11.5. The summed E-state index contributed by atoms with van der Waals surface area (Å²) in [5.41, 5.74) is 6.25. The van der Waals surface area contributed by atoms with E-state index in [0.717, 1.165) is 0 Å². The van der Waals surface area contributed by atoms with Crippen molar-refractivity contribution in [3.05, 3.63) is 48.0 Å². The third-order valence-electron chi connectivity index (χ3n) is 3.06. The van der Waals surface area contributed by atoms with Crippen LogP contribution in [-0.2, 0) is 6.54 Å². The molecule has 3 heterocycles. The van der Waals surface area contributed by atoms with Crippen molar-refractivity contribution < 1.29 is 13.2 Å². The molecule has 3 N–H and O–H groups in total. The highest BCUT2D eigenvalue weighted by atomic mass is 19.1. The van der Waals surface area contributed by atoms with Crippen molar-refractivity contribution in [1.82, 2.24) is 15.0 Å². The number of nitrogens with one attached hydrogen (secondary N) is 1. The van der Waals surface area contributed by atoms with Gasteiger partial charge in [-0.1, -0.05) is 0 Å². The van der Waals surface area contributed by atoms with Gasteiger partial charge in [0.15, 0.2) is 23.1 Å². The van der Waals surface area contributed by atoms with Crippen molar-refractivity contribution in [2.45, 2.75) is 12.7 Å². The normalized spacial score (nSPS) is 12.5. The Balaban J connectivity index is 1.87. The van der Waals surface area contributed by atoms with Crippen LogP contribution in [0.1, 0.15) is 17.8 Å². The fourth-order valence-corrected chi connectivity index (χ4v) is 1.95. The molecule has 0 amide bonds. The van der Waals surface area contributed by atoms with E-state index in [1.54, 1.807) is 6.07 Å². The van der Waals surface area contributed by atoms with E-state index in [2.05, 4.69) is 20.3 Å². The fourth-order valence-electron chi connectivity index (χ4n) is 1.95. The standard InChI is InChI=1S/C14H13F2N5O/c15-8-2-1-4-18-10(8)7-20-13-12-11(3-5-19-13)22-14(21-12)9(16)6-17/h1-5,9H,6-7,17H2,(H,19,20). The number of pyridine rings is 2. The van der Waals surface area contributed by atoms with Crippen LogP contribution in [0.15, 0.2) is 35.0 Å². The molecular weight excluding hydrogens is 292 g/mol. The number of rotatable bonds is 5. The number of hydrogen-bond donors (Lipinski definition) is 2. The van der Waals surface area contributed by atoms with E-state index in [0.29, 0.717) is 16.9 Å². The Kier molecular flexibility index (Phi) is 3.92. The topological polar surface area (TPSA) is 89.9 Å². The molecule has 0 aromatic carbocycles. The molecule has 22 heavy (non-hydrogen) atoms. The Bertz CT molecular complexity index is 792. The van der Waals surface area contributed by atoms with Gasteiger partial charge in [-0.05, 0) is 12.1 Å². The highest BCUT2D eigenvalue weighted by Gasteiger charge is 2.18. The first-order chi connectivity index (χ1) is 10.7. The maximum atomic E-state index is 13.6. The van der Waals surface area contributed by atoms with Crippen LogP contribution in [0.25, 0.3) is 11.1 Å². The molecule has 3 aromatic rings. The highest BCUT2D eigenvalue weighted by Crippen LogP contribution is 2.26. The monoisotopic (exact) mass is 305 g/mol. The zero-order chi connectivity index (χ0) is 15.5. The third-order valence-corrected chi connectivity index (χ3v) is 3.06. The van der Waals surface area contributed by atoms with Crippen LogP contribution in [-0.4, -0.2) is 21.5 Å². The molecule has 0 saturated carbocycles. The number of hydrogen-bond acceptors (Lipinski definition) is 6. The van der Waals surface area contributed by atoms with Crippen LogP contribution in [0.3, 0.4) is 0 Å². The van der Waals surface area contributed by atoms with Crippen LogP contribution >= 0.6 is 0 Å². The molecule has 0 aliphatic heterocycles. The van der Waals surface area contributed by atoms with E-state index in [-0.39, 0.29) is 24.7 Å². The highest BCUT2D eigenvalue weighted by molar-refractivity contribution is 5.83. The lowest BCUT2D eigenvalue weighted by molar-refractivity contribution is 0.290. The second kappa shape index (κ2) is 6.02. The lowest BCUT2D eigenvalue weighted by Gasteiger charge is -2.05. The second-order valence-electron chi connectivity index (χ2n) is 4.55. The van der Waals surface area contributed by atoms with E-state index in [4.69, 9.17) is 10.2 Å². The van der Waals surface area contributed by atoms with Crippen molar-refractivity contribution in [3.63, 3.8) is 0 Å². The Hall–Kier alpha value is -2.61. The van der Waals surface area contributed by atoms with Gasteiger partial charge in [0.2, 0.25) is 5.89 Å². The zero-order valence-electron chi connectivity index (χ0n) is 11.5. The van der Waals surface area contributed by atoms with Gasteiger partial charge in [0.05, 0.1) is 12.2 Å². The van der Waals surface area contributed by atoms with Gasteiger partial charge in [-0.15, -0.1) is 0 Å². The summed E-state index contributed by atoms with van der Waals surface area (Å²) >= 11 is 0. The van der Waals surface area contributed by atoms with Crippen molar-refractivity contribution in [3.8, 4) is 0 Å². The minimum atomic E-state index is -1.48. The lowest BCUT2D eigenvalue weighted by atomic mass is 10.3. The first kappa shape index (κ1) is 14.3. The SMILES string of the molecule is NCC(F)c1nc2c(NCc3ncccc3F)nccc2o1. The molecule has 0 aliphatic rings. The first-order valence-corrected chi connectivity index (χ1v) is 6.62. The summed E-state index contributed by atoms with van der Waals surface area (Å²) in [4.78, 5) is 12.1. The second-order valence-corrected chi connectivity index (χ2v) is 4.55. The van der Waals surface area contributed by atoms with Gasteiger partial charge in [0, 0.05) is 25.0 Å². The first-order valence-electron chi connectivity index (χ1n) is 6.62. The van der Waals surface area contributed by atoms with E-state index in [1.165, 1.54) is 24.5 Å². The molecule has 0 bridgehead atoms. The Labute approximate surface area is 124 Å². The van der Waals surface area contributed by atoms with E-state index < -0.39 is 12.0 Å². The summed E-state index contributed by atoms with van der Waals surface area (Å²) in [6.45, 7) is -0.0981. The van der Waals surface area contributed by atoms with Crippen molar-refractivity contribution in [2.24, 2.45) is 5.73 Å². The van der Waals surface area contributed by atoms with Gasteiger partial charge in [0.1, 0.15) is 5.82 Å². The largest absolute Gasteiger partial charge is 0.437 e. The number of fused-ring (bicyclic) bond motifs is 1. The maximum Gasteiger partial charge on any atom is 0.231 e. The lowest BCUT2D eigenvalue weighted by Crippen LogP contribution is -2.08. The van der Waals surface area contributed by atoms with E-state index in [9.17, 15) is 8.78 Å². The van der Waals surface area contributed by atoms with Gasteiger partial charge < -0.3 is 15.5 Å². The van der Waals surface area contributed by atoms with Gasteiger partial charge in [-0.2, -0.15) is 0 Å². The summed E-state index contributed by atoms with van der Waals surface area (Å²) in [7, 11) is 0. The van der Waals surface area contributed by atoms with Gasteiger partial charge in [0.25, 0.3) is 0 Å². The van der Waals surface area contributed by atoms with Crippen LogP contribution in [0.2, 0.25) is 0 Å². The minimum Gasteiger partial charge on any atom is -0.437 e. The van der Waals surface area contributed by atoms with Crippen molar-refractivity contribution >= 4 is 16.9 Å². The summed E-state index contributed by atoms with van der Waals surface area (Å²) in [6, 6.07) is 4.40. The molecule has 0 aliphatic carbocycles. The summed E-state index contributed by atoms with van der Waals surface area (Å²) in [6.07, 6.45) is 1.51. The molecule has 0 fully saturated rings. The van der Waals surface area contributed by atoms with E-state index in [1.807, 2.05) is 0 Å². The number of anilines is 1. The number of aromatic nitrogens is 3. The predicted molar refractivity (Wildman–Crippen MR) is 76.2 cm³/mol. The smallest absolute Gasteiger partial charge is 0.231 e. The number of nitrogens with zero attached hydrogens (tertiary/aromatic N) is 3. The minimum absolute atomic E-state index is 0.0995. The third kappa shape index (κ3) is 2.73. The molecule has 0 radical (unpaired) electrons. The Morgan fingerprint density at radius 1 is 1.27 bits per heavy atom. The van der Waals surface area contributed by atoms with Crippen molar-refractivity contribution in [2.75, 3.05) is 11.9 Å². The summed E-state index contributed by atoms with van der Waals surface area (Å²) in [5, 5.41) is 2.93. The molecule has 3 aromatic heterocycles. The summed E-state index contributed by atoms with van der Waals surface area (Å²) in [5.74, 6) is -0.158. The average molecular weight is 305 g/mol. The van der Waals surface area contributed by atoms with E-state index >= 15 is 0 Å². The Morgan fingerprint density at radius 2 is 2.14 bits per heavy atom. The average Bonchev–Trinajstić information content (AvgIpc) is 2.98.